The molecule has 0 atom stereocenters. The molecule has 1 amide bonds. The van der Waals surface area contributed by atoms with Crippen LogP contribution in [0.15, 0.2) is 72.4 Å². The van der Waals surface area contributed by atoms with Gasteiger partial charge >= 0.3 is 0 Å². The summed E-state index contributed by atoms with van der Waals surface area (Å²) in [6.07, 6.45) is 1.37. The number of hydrogen-bond donors (Lipinski definition) is 3. The summed E-state index contributed by atoms with van der Waals surface area (Å²) in [6.45, 7) is 1.88. The highest BCUT2D eigenvalue weighted by atomic mass is 16.3. The lowest BCUT2D eigenvalue weighted by molar-refractivity contribution is -0.112. The van der Waals surface area contributed by atoms with Crippen LogP contribution in [0, 0.1) is 18.3 Å². The second-order valence-corrected chi connectivity index (χ2v) is 5.76. The molecule has 0 saturated carbocycles. The Morgan fingerprint density at radius 3 is 2.46 bits per heavy atom. The van der Waals surface area contributed by atoms with Crippen molar-refractivity contribution in [2.75, 3.05) is 10.6 Å². The number of para-hydroxylation sites is 1. The molecule has 0 saturated heterocycles. The lowest BCUT2D eigenvalue weighted by atomic mass is 10.1. The van der Waals surface area contributed by atoms with Crippen molar-refractivity contribution in [1.82, 2.24) is 0 Å². The lowest BCUT2D eigenvalue weighted by Gasteiger charge is -2.09. The first-order chi connectivity index (χ1) is 12.6. The first-order valence-corrected chi connectivity index (χ1v) is 8.04. The number of aryl methyl sites for hydroxylation is 1. The van der Waals surface area contributed by atoms with Gasteiger partial charge < -0.3 is 15.7 Å². The smallest absolute Gasteiger partial charge is 0.267 e. The maximum absolute atomic E-state index is 12.4. The van der Waals surface area contributed by atoms with Gasteiger partial charge in [-0.05, 0) is 30.7 Å². The van der Waals surface area contributed by atoms with Gasteiger partial charge in [-0.1, -0.05) is 42.5 Å². The normalized spacial score (nSPS) is 11.0. The van der Waals surface area contributed by atoms with Crippen LogP contribution in [0.2, 0.25) is 0 Å². The van der Waals surface area contributed by atoms with Gasteiger partial charge in [0.15, 0.2) is 0 Å². The zero-order chi connectivity index (χ0) is 18.5. The number of fused-ring (bicyclic) bond motifs is 1. The summed E-state index contributed by atoms with van der Waals surface area (Å²) in [6, 6.07) is 19.9. The van der Waals surface area contributed by atoms with Crippen molar-refractivity contribution in [2.45, 2.75) is 6.92 Å². The molecule has 26 heavy (non-hydrogen) atoms. The van der Waals surface area contributed by atoms with E-state index in [2.05, 4.69) is 10.6 Å². The second kappa shape index (κ2) is 7.41. The van der Waals surface area contributed by atoms with Gasteiger partial charge in [-0.15, -0.1) is 0 Å². The van der Waals surface area contributed by atoms with E-state index in [9.17, 15) is 15.2 Å². The van der Waals surface area contributed by atoms with Gasteiger partial charge in [0.05, 0.1) is 0 Å². The lowest BCUT2D eigenvalue weighted by Crippen LogP contribution is -2.15. The van der Waals surface area contributed by atoms with E-state index in [1.807, 2.05) is 43.3 Å². The average molecular weight is 343 g/mol. The van der Waals surface area contributed by atoms with Crippen LogP contribution < -0.4 is 10.6 Å². The number of anilines is 2. The van der Waals surface area contributed by atoms with Gasteiger partial charge in [-0.3, -0.25) is 4.79 Å². The number of phenols is 1. The van der Waals surface area contributed by atoms with Crippen molar-refractivity contribution in [1.29, 1.82) is 5.26 Å². The van der Waals surface area contributed by atoms with Crippen LogP contribution in [-0.4, -0.2) is 11.0 Å². The molecule has 3 rings (SSSR count). The minimum Gasteiger partial charge on any atom is -0.507 e. The Hall–Kier alpha value is -3.78. The zero-order valence-electron chi connectivity index (χ0n) is 14.2. The molecule has 3 aromatic carbocycles. The summed E-state index contributed by atoms with van der Waals surface area (Å²) in [7, 11) is 0. The van der Waals surface area contributed by atoms with Crippen LogP contribution >= 0.6 is 0 Å². The third kappa shape index (κ3) is 3.50. The van der Waals surface area contributed by atoms with Crippen molar-refractivity contribution >= 4 is 28.1 Å². The quantitative estimate of drug-likeness (QED) is 0.487. The molecule has 5 heteroatoms. The van der Waals surface area contributed by atoms with Crippen molar-refractivity contribution in [3.63, 3.8) is 0 Å². The number of aromatic hydroxyl groups is 1. The Morgan fingerprint density at radius 2 is 1.69 bits per heavy atom. The molecule has 0 aliphatic rings. The van der Waals surface area contributed by atoms with Crippen molar-refractivity contribution < 1.29 is 9.90 Å². The van der Waals surface area contributed by atoms with Crippen LogP contribution in [0.1, 0.15) is 5.56 Å². The van der Waals surface area contributed by atoms with Gasteiger partial charge in [0.2, 0.25) is 0 Å². The first kappa shape index (κ1) is 17.1. The number of rotatable bonds is 4. The maximum Gasteiger partial charge on any atom is 0.267 e. The van der Waals surface area contributed by atoms with Crippen LogP contribution in [0.4, 0.5) is 11.4 Å². The van der Waals surface area contributed by atoms with Gasteiger partial charge in [0, 0.05) is 28.3 Å². The molecule has 0 spiro atoms. The fraction of sp³-hybridized carbons (Fsp3) is 0.0476. The largest absolute Gasteiger partial charge is 0.507 e. The second-order valence-electron chi connectivity index (χ2n) is 5.76. The van der Waals surface area contributed by atoms with E-state index >= 15 is 0 Å². The molecule has 0 fully saturated rings. The Bertz CT molecular complexity index is 1050. The van der Waals surface area contributed by atoms with Crippen molar-refractivity contribution in [2.24, 2.45) is 0 Å². The molecule has 128 valence electrons. The number of amides is 1. The van der Waals surface area contributed by atoms with E-state index in [0.717, 1.165) is 10.9 Å². The Kier molecular flexibility index (Phi) is 4.86. The van der Waals surface area contributed by atoms with E-state index in [0.29, 0.717) is 16.8 Å². The summed E-state index contributed by atoms with van der Waals surface area (Å²) in [5, 5.41) is 26.5. The Labute approximate surface area is 151 Å². The highest BCUT2D eigenvalue weighted by molar-refractivity contribution is 6.07. The zero-order valence-corrected chi connectivity index (χ0v) is 14.2. The van der Waals surface area contributed by atoms with Crippen LogP contribution in [0.5, 0.6) is 5.75 Å². The van der Waals surface area contributed by atoms with Gasteiger partial charge in [-0.25, -0.2) is 0 Å². The molecule has 0 aromatic heterocycles. The molecule has 5 nitrogen and oxygen atoms in total. The summed E-state index contributed by atoms with van der Waals surface area (Å²) < 4.78 is 0. The van der Waals surface area contributed by atoms with E-state index in [1.165, 1.54) is 6.20 Å². The van der Waals surface area contributed by atoms with Gasteiger partial charge in [0.1, 0.15) is 17.4 Å². The fourth-order valence-electron chi connectivity index (χ4n) is 2.62. The predicted octanol–water partition coefficient (Wildman–Crippen LogP) is 4.31. The predicted molar refractivity (Wildman–Crippen MR) is 103 cm³/mol. The molecule has 3 N–H and O–H groups in total. The first-order valence-electron chi connectivity index (χ1n) is 8.04. The van der Waals surface area contributed by atoms with Crippen LogP contribution in [0.3, 0.4) is 0 Å². The van der Waals surface area contributed by atoms with Crippen molar-refractivity contribution in [3.05, 3.63) is 78.0 Å². The summed E-state index contributed by atoms with van der Waals surface area (Å²) in [4.78, 5) is 12.4. The van der Waals surface area contributed by atoms with Crippen LogP contribution in [0.25, 0.3) is 10.8 Å². The average Bonchev–Trinajstić information content (AvgIpc) is 2.65. The van der Waals surface area contributed by atoms with E-state index in [4.69, 9.17) is 0 Å². The minimum atomic E-state index is -0.489. The molecule has 0 unspecified atom stereocenters. The summed E-state index contributed by atoms with van der Waals surface area (Å²) in [5.41, 5.74) is 2.21. The van der Waals surface area contributed by atoms with Crippen LogP contribution in [-0.2, 0) is 4.79 Å². The highest BCUT2D eigenvalue weighted by Crippen LogP contribution is 2.29. The van der Waals surface area contributed by atoms with Crippen molar-refractivity contribution in [3.8, 4) is 11.8 Å². The van der Waals surface area contributed by atoms with E-state index in [1.54, 1.807) is 30.3 Å². The standard InChI is InChI=1S/C21H17N3O2/c1-14-6-2-3-9-18(14)24-21(26)15(12-22)13-23-19-10-4-8-17-16(19)7-5-11-20(17)25/h2-11,13,23,25H,1H3,(H,24,26)/b15-13-. The topological polar surface area (TPSA) is 85.2 Å². The molecular weight excluding hydrogens is 326 g/mol. The summed E-state index contributed by atoms with van der Waals surface area (Å²) in [5.74, 6) is -0.315. The highest BCUT2D eigenvalue weighted by Gasteiger charge is 2.11. The number of hydrogen-bond acceptors (Lipinski definition) is 4. The molecule has 0 radical (unpaired) electrons. The van der Waals surface area contributed by atoms with E-state index in [-0.39, 0.29) is 11.3 Å². The number of carbonyl (C=O) groups is 1. The summed E-state index contributed by atoms with van der Waals surface area (Å²) >= 11 is 0. The van der Waals surface area contributed by atoms with E-state index < -0.39 is 5.91 Å². The molecular formula is C21H17N3O2. The Morgan fingerprint density at radius 1 is 1.00 bits per heavy atom. The maximum atomic E-state index is 12.4. The molecule has 0 aliphatic heterocycles. The molecule has 3 aromatic rings. The van der Waals surface area contributed by atoms with Gasteiger partial charge in [0.25, 0.3) is 5.91 Å². The number of carbonyl (C=O) groups excluding carboxylic acids is 1. The number of phenolic OH excluding ortho intramolecular Hbond substituents is 1. The molecule has 0 aliphatic carbocycles. The number of benzene rings is 3. The third-order valence-corrected chi connectivity index (χ3v) is 4.03. The number of nitriles is 1. The number of nitrogens with one attached hydrogen (secondary N) is 2. The van der Waals surface area contributed by atoms with Gasteiger partial charge in [-0.2, -0.15) is 5.26 Å². The Balaban J connectivity index is 1.85. The number of nitrogens with zero attached hydrogens (tertiary/aromatic N) is 1. The fourth-order valence-corrected chi connectivity index (χ4v) is 2.62. The molecule has 0 bridgehead atoms. The minimum absolute atomic E-state index is 0.0505. The monoisotopic (exact) mass is 343 g/mol. The third-order valence-electron chi connectivity index (χ3n) is 4.03. The molecule has 0 heterocycles. The SMILES string of the molecule is Cc1ccccc1NC(=O)/C(C#N)=C\Nc1cccc2c(O)cccc12.